The third-order valence-corrected chi connectivity index (χ3v) is 3.76. The first-order valence-electron chi connectivity index (χ1n) is 6.02. The summed E-state index contributed by atoms with van der Waals surface area (Å²) in [7, 11) is 0. The fourth-order valence-corrected chi connectivity index (χ4v) is 2.42. The molecule has 100 valence electrons. The molecule has 2 aromatic rings. The Balaban J connectivity index is 1.84. The first kappa shape index (κ1) is 13.6. The highest BCUT2D eigenvalue weighted by atomic mass is 32.1. The number of aromatic nitrogens is 2. The molecule has 2 aromatic heterocycles. The minimum absolute atomic E-state index is 0.279. The van der Waals surface area contributed by atoms with Crippen LogP contribution in [0.3, 0.4) is 0 Å². The second-order valence-corrected chi connectivity index (χ2v) is 5.15. The van der Waals surface area contributed by atoms with Crippen LogP contribution in [0.25, 0.3) is 0 Å². The predicted molar refractivity (Wildman–Crippen MR) is 71.7 cm³/mol. The Morgan fingerprint density at radius 1 is 1.47 bits per heavy atom. The van der Waals surface area contributed by atoms with E-state index in [1.165, 1.54) is 17.1 Å². The maximum Gasteiger partial charge on any atom is 0.251 e. The van der Waals surface area contributed by atoms with Crippen LogP contribution in [0, 0.1) is 5.95 Å². The van der Waals surface area contributed by atoms with Crippen LogP contribution in [0.5, 0.6) is 0 Å². The van der Waals surface area contributed by atoms with Gasteiger partial charge in [0.05, 0.1) is 5.01 Å². The number of halogens is 1. The molecule has 19 heavy (non-hydrogen) atoms. The topological polar surface area (TPSA) is 54.9 Å². The van der Waals surface area contributed by atoms with Crippen molar-refractivity contribution in [3.63, 3.8) is 0 Å². The number of carbonyl (C=O) groups is 1. The van der Waals surface area contributed by atoms with Crippen LogP contribution in [0.2, 0.25) is 0 Å². The van der Waals surface area contributed by atoms with Gasteiger partial charge in [0, 0.05) is 41.9 Å². The Kier molecular flexibility index (Phi) is 4.57. The maximum absolute atomic E-state index is 12.9. The van der Waals surface area contributed by atoms with Gasteiger partial charge >= 0.3 is 0 Å². The van der Waals surface area contributed by atoms with Crippen molar-refractivity contribution in [2.75, 3.05) is 6.54 Å². The Bertz CT molecular complexity index is 571. The fraction of sp³-hybridized carbons (Fsp3) is 0.308. The summed E-state index contributed by atoms with van der Waals surface area (Å²) >= 11 is 1.65. The van der Waals surface area contributed by atoms with Gasteiger partial charge in [-0.15, -0.1) is 11.3 Å². The summed E-state index contributed by atoms with van der Waals surface area (Å²) in [5, 5.41) is 3.73. The Morgan fingerprint density at radius 3 is 3.00 bits per heavy atom. The highest BCUT2D eigenvalue weighted by molar-refractivity contribution is 7.11. The number of carbonyl (C=O) groups excluding carboxylic acids is 1. The molecule has 0 aliphatic carbocycles. The van der Waals surface area contributed by atoms with Gasteiger partial charge in [0.2, 0.25) is 5.95 Å². The molecule has 1 N–H and O–H groups in total. The Morgan fingerprint density at radius 2 is 2.32 bits per heavy atom. The lowest BCUT2D eigenvalue weighted by Crippen LogP contribution is -2.25. The van der Waals surface area contributed by atoms with E-state index in [0.717, 1.165) is 17.5 Å². The molecule has 0 bridgehead atoms. The van der Waals surface area contributed by atoms with E-state index in [4.69, 9.17) is 0 Å². The van der Waals surface area contributed by atoms with Gasteiger partial charge in [-0.1, -0.05) is 6.92 Å². The third kappa shape index (κ3) is 3.82. The summed E-state index contributed by atoms with van der Waals surface area (Å²) in [4.78, 5) is 20.6. The molecule has 0 saturated heterocycles. The molecule has 0 atom stereocenters. The van der Waals surface area contributed by atoms with E-state index in [9.17, 15) is 9.18 Å². The number of nitrogens with one attached hydrogen (secondary N) is 1. The van der Waals surface area contributed by atoms with Crippen LogP contribution in [-0.2, 0) is 12.8 Å². The van der Waals surface area contributed by atoms with E-state index in [1.54, 1.807) is 11.3 Å². The molecule has 0 unspecified atom stereocenters. The number of pyridine rings is 1. The maximum atomic E-state index is 12.9. The standard InChI is InChI=1S/C13H14FN3OS/c1-2-10-8-17-12(19-10)4-6-16-13(18)9-3-5-15-11(14)7-9/h3,5,7-8H,2,4,6H2,1H3,(H,16,18). The number of aryl methyl sites for hydroxylation is 1. The van der Waals surface area contributed by atoms with Gasteiger partial charge in [-0.3, -0.25) is 4.79 Å². The second kappa shape index (κ2) is 6.38. The molecule has 0 spiro atoms. The molecule has 0 radical (unpaired) electrons. The van der Waals surface area contributed by atoms with E-state index in [2.05, 4.69) is 22.2 Å². The van der Waals surface area contributed by atoms with Gasteiger partial charge in [0.15, 0.2) is 0 Å². The second-order valence-electron chi connectivity index (χ2n) is 3.95. The van der Waals surface area contributed by atoms with E-state index in [1.807, 2.05) is 6.20 Å². The molecule has 0 saturated carbocycles. The van der Waals surface area contributed by atoms with Crippen LogP contribution in [0.4, 0.5) is 4.39 Å². The average molecular weight is 279 g/mol. The van der Waals surface area contributed by atoms with Crippen molar-refractivity contribution >= 4 is 17.2 Å². The normalized spacial score (nSPS) is 10.4. The van der Waals surface area contributed by atoms with E-state index in [-0.39, 0.29) is 11.5 Å². The van der Waals surface area contributed by atoms with Crippen molar-refractivity contribution in [3.05, 3.63) is 45.9 Å². The molecule has 0 aliphatic heterocycles. The summed E-state index contributed by atoms with van der Waals surface area (Å²) in [6.45, 7) is 2.57. The highest BCUT2D eigenvalue weighted by Crippen LogP contribution is 2.13. The quantitative estimate of drug-likeness (QED) is 0.854. The summed E-state index contributed by atoms with van der Waals surface area (Å²) in [5.41, 5.74) is 0.279. The smallest absolute Gasteiger partial charge is 0.251 e. The zero-order valence-corrected chi connectivity index (χ0v) is 11.3. The lowest BCUT2D eigenvalue weighted by Gasteiger charge is -2.03. The lowest BCUT2D eigenvalue weighted by molar-refractivity contribution is 0.0953. The number of thiazole rings is 1. The third-order valence-electron chi connectivity index (χ3n) is 2.56. The van der Waals surface area contributed by atoms with Gasteiger partial charge in [0.1, 0.15) is 0 Å². The molecule has 0 fully saturated rings. The molecular weight excluding hydrogens is 265 g/mol. The predicted octanol–water partition coefficient (Wildman–Crippen LogP) is 2.21. The molecular formula is C13H14FN3OS. The Hall–Kier alpha value is -1.82. The van der Waals surface area contributed by atoms with Crippen molar-refractivity contribution in [1.82, 2.24) is 15.3 Å². The summed E-state index contributed by atoms with van der Waals surface area (Å²) in [6, 6.07) is 2.60. The molecule has 2 rings (SSSR count). The van der Waals surface area contributed by atoms with Gasteiger partial charge in [-0.05, 0) is 12.5 Å². The number of rotatable bonds is 5. The highest BCUT2D eigenvalue weighted by Gasteiger charge is 2.07. The average Bonchev–Trinajstić information content (AvgIpc) is 2.86. The van der Waals surface area contributed by atoms with Gasteiger partial charge in [-0.25, -0.2) is 9.97 Å². The van der Waals surface area contributed by atoms with Crippen molar-refractivity contribution < 1.29 is 9.18 Å². The van der Waals surface area contributed by atoms with Crippen LogP contribution in [-0.4, -0.2) is 22.4 Å². The van der Waals surface area contributed by atoms with Crippen LogP contribution in [0.1, 0.15) is 27.2 Å². The first-order valence-corrected chi connectivity index (χ1v) is 6.84. The Labute approximate surface area is 114 Å². The largest absolute Gasteiger partial charge is 0.352 e. The summed E-state index contributed by atoms with van der Waals surface area (Å²) in [5.74, 6) is -0.950. The number of amides is 1. The molecule has 4 nitrogen and oxygen atoms in total. The molecule has 0 aromatic carbocycles. The fourth-order valence-electron chi connectivity index (χ4n) is 1.56. The van der Waals surface area contributed by atoms with Crippen LogP contribution < -0.4 is 5.32 Å². The van der Waals surface area contributed by atoms with Crippen molar-refractivity contribution in [1.29, 1.82) is 0 Å². The molecule has 1 amide bonds. The van der Waals surface area contributed by atoms with Crippen molar-refractivity contribution in [3.8, 4) is 0 Å². The SMILES string of the molecule is CCc1cnc(CCNC(=O)c2ccnc(F)c2)s1. The zero-order valence-electron chi connectivity index (χ0n) is 10.5. The van der Waals surface area contributed by atoms with E-state index >= 15 is 0 Å². The van der Waals surface area contributed by atoms with Crippen LogP contribution in [0.15, 0.2) is 24.5 Å². The number of nitrogens with zero attached hydrogens (tertiary/aromatic N) is 2. The van der Waals surface area contributed by atoms with Gasteiger partial charge < -0.3 is 5.32 Å². The monoisotopic (exact) mass is 279 g/mol. The van der Waals surface area contributed by atoms with E-state index in [0.29, 0.717) is 13.0 Å². The zero-order chi connectivity index (χ0) is 13.7. The van der Waals surface area contributed by atoms with Crippen LogP contribution >= 0.6 is 11.3 Å². The minimum Gasteiger partial charge on any atom is -0.352 e. The van der Waals surface area contributed by atoms with Crippen molar-refractivity contribution in [2.24, 2.45) is 0 Å². The summed E-state index contributed by atoms with van der Waals surface area (Å²) in [6.07, 6.45) is 4.79. The molecule has 2 heterocycles. The van der Waals surface area contributed by atoms with Crippen molar-refractivity contribution in [2.45, 2.75) is 19.8 Å². The lowest BCUT2D eigenvalue weighted by atomic mass is 10.2. The van der Waals surface area contributed by atoms with Gasteiger partial charge in [0.25, 0.3) is 5.91 Å². The number of hydrogen-bond acceptors (Lipinski definition) is 4. The van der Waals surface area contributed by atoms with E-state index < -0.39 is 5.95 Å². The molecule has 6 heteroatoms. The minimum atomic E-state index is -0.653. The first-order chi connectivity index (χ1) is 9.19. The summed E-state index contributed by atoms with van der Waals surface area (Å²) < 4.78 is 12.9. The number of hydrogen-bond donors (Lipinski definition) is 1. The van der Waals surface area contributed by atoms with Gasteiger partial charge in [-0.2, -0.15) is 4.39 Å². The molecule has 0 aliphatic rings.